The quantitative estimate of drug-likeness (QED) is 0.396. The Bertz CT molecular complexity index is 464. The normalized spacial score (nSPS) is 32.3. The maximum atomic E-state index is 2.59. The van der Waals surface area contributed by atoms with Gasteiger partial charge in [-0.15, -0.1) is 0 Å². The van der Waals surface area contributed by atoms with E-state index in [9.17, 15) is 0 Å². The van der Waals surface area contributed by atoms with Gasteiger partial charge in [-0.1, -0.05) is 93.0 Å². The molecule has 0 N–H and O–H groups in total. The molecule has 3 saturated carbocycles. The predicted octanol–water partition coefficient (Wildman–Crippen LogP) is 9.53. The summed E-state index contributed by atoms with van der Waals surface area (Å²) in [5.41, 5.74) is 4.11. The molecule has 0 heteroatoms. The smallest absolute Gasteiger partial charge is 0.0131 e. The fourth-order valence-electron chi connectivity index (χ4n) is 5.69. The van der Waals surface area contributed by atoms with Gasteiger partial charge in [0.15, 0.2) is 0 Å². The third-order valence-electron chi connectivity index (χ3n) is 6.64. The lowest BCUT2D eigenvalue weighted by atomic mass is 9.55. The summed E-state index contributed by atoms with van der Waals surface area (Å²) < 4.78 is 0. The monoisotopic (exact) mass is 374 g/mol. The molecule has 0 amide bonds. The van der Waals surface area contributed by atoms with Gasteiger partial charge in [0.25, 0.3) is 0 Å². The van der Waals surface area contributed by atoms with Crippen LogP contribution in [0, 0.1) is 23.2 Å². The van der Waals surface area contributed by atoms with E-state index in [1.165, 1.54) is 44.9 Å². The predicted molar refractivity (Wildman–Crippen MR) is 126 cm³/mol. The van der Waals surface area contributed by atoms with Crippen LogP contribution in [0.25, 0.3) is 0 Å². The molecule has 0 spiro atoms. The average Bonchev–Trinajstić information content (AvgIpc) is 3.00. The van der Waals surface area contributed by atoms with Gasteiger partial charge >= 0.3 is 0 Å². The summed E-state index contributed by atoms with van der Waals surface area (Å²) in [5, 5.41) is 0. The molecule has 0 bridgehead atoms. The summed E-state index contributed by atoms with van der Waals surface area (Å²) in [6.45, 7) is 18.6. The summed E-state index contributed by atoms with van der Waals surface area (Å²) in [6.07, 6.45) is 20.9. The summed E-state index contributed by atoms with van der Waals surface area (Å²) in [4.78, 5) is 0. The number of fused-ring (bicyclic) bond motifs is 5. The zero-order valence-corrected chi connectivity index (χ0v) is 20.2. The van der Waals surface area contributed by atoms with Crippen LogP contribution in [0.5, 0.6) is 0 Å². The van der Waals surface area contributed by atoms with Gasteiger partial charge < -0.3 is 0 Å². The van der Waals surface area contributed by atoms with Crippen molar-refractivity contribution in [2.24, 2.45) is 23.2 Å². The van der Waals surface area contributed by atoms with Crippen molar-refractivity contribution in [1.82, 2.24) is 0 Å². The summed E-state index contributed by atoms with van der Waals surface area (Å²) in [5.74, 6) is 2.93. The van der Waals surface area contributed by atoms with Crippen LogP contribution in [-0.4, -0.2) is 0 Å². The third-order valence-corrected chi connectivity index (χ3v) is 6.64. The van der Waals surface area contributed by atoms with Crippen molar-refractivity contribution in [2.45, 2.75) is 114 Å². The van der Waals surface area contributed by atoms with Crippen LogP contribution in [0.4, 0.5) is 0 Å². The maximum absolute atomic E-state index is 2.59. The first-order valence-corrected chi connectivity index (χ1v) is 12.3. The number of allylic oxidation sites excluding steroid dienone is 6. The second-order valence-electron chi connectivity index (χ2n) is 7.52. The second kappa shape index (κ2) is 14.3. The third kappa shape index (κ3) is 6.10. The SMILES string of the molecule is CC.CC.CC.CC.CC12CCCC1C1CCC3=CC=CCC=C3C1CC2. The van der Waals surface area contributed by atoms with Gasteiger partial charge in [0.2, 0.25) is 0 Å². The van der Waals surface area contributed by atoms with E-state index in [0.29, 0.717) is 5.41 Å². The Morgan fingerprint density at radius 2 is 1.52 bits per heavy atom. The molecule has 0 radical (unpaired) electrons. The minimum atomic E-state index is 0.700. The molecule has 3 fully saturated rings. The molecule has 0 saturated heterocycles. The van der Waals surface area contributed by atoms with E-state index in [0.717, 1.165) is 24.2 Å². The highest BCUT2D eigenvalue weighted by Gasteiger charge is 2.50. The van der Waals surface area contributed by atoms with Gasteiger partial charge in [-0.25, -0.2) is 0 Å². The first-order chi connectivity index (χ1) is 13.3. The van der Waals surface area contributed by atoms with Crippen LogP contribution < -0.4 is 0 Å². The molecule has 0 aromatic rings. The lowest BCUT2D eigenvalue weighted by molar-refractivity contribution is 0.0440. The molecule has 4 aliphatic carbocycles. The second-order valence-corrected chi connectivity index (χ2v) is 7.52. The Morgan fingerprint density at radius 1 is 0.852 bits per heavy atom. The van der Waals surface area contributed by atoms with E-state index in [2.05, 4.69) is 31.2 Å². The van der Waals surface area contributed by atoms with E-state index in [4.69, 9.17) is 0 Å². The topological polar surface area (TPSA) is 0 Å². The Hall–Kier alpha value is -0.780. The molecule has 4 atom stereocenters. The molecule has 158 valence electrons. The van der Waals surface area contributed by atoms with Crippen molar-refractivity contribution in [2.75, 3.05) is 0 Å². The van der Waals surface area contributed by atoms with Crippen LogP contribution in [0.15, 0.2) is 35.5 Å². The molecule has 27 heavy (non-hydrogen) atoms. The van der Waals surface area contributed by atoms with Crippen molar-refractivity contribution in [1.29, 1.82) is 0 Å². The minimum Gasteiger partial charge on any atom is -0.0807 e. The number of hydrogen-bond acceptors (Lipinski definition) is 0. The Kier molecular flexibility index (Phi) is 13.8. The average molecular weight is 375 g/mol. The lowest BCUT2D eigenvalue weighted by Gasteiger charge is -2.50. The van der Waals surface area contributed by atoms with Crippen LogP contribution in [0.1, 0.15) is 114 Å². The molecule has 0 nitrogen and oxygen atoms in total. The van der Waals surface area contributed by atoms with E-state index in [-0.39, 0.29) is 0 Å². The number of hydrogen-bond donors (Lipinski definition) is 0. The van der Waals surface area contributed by atoms with Crippen molar-refractivity contribution in [3.63, 3.8) is 0 Å². The van der Waals surface area contributed by atoms with Gasteiger partial charge in [-0.2, -0.15) is 0 Å². The number of rotatable bonds is 0. The molecule has 4 aliphatic rings. The minimum absolute atomic E-state index is 0.700. The molecular formula is C27H50. The molecular weight excluding hydrogens is 324 g/mol. The molecule has 4 unspecified atom stereocenters. The highest BCUT2D eigenvalue weighted by molar-refractivity contribution is 5.41. The van der Waals surface area contributed by atoms with Crippen LogP contribution in [0.2, 0.25) is 0 Å². The molecule has 0 heterocycles. The van der Waals surface area contributed by atoms with E-state index < -0.39 is 0 Å². The van der Waals surface area contributed by atoms with E-state index in [1.807, 2.05) is 55.4 Å². The molecule has 0 aliphatic heterocycles. The van der Waals surface area contributed by atoms with Crippen molar-refractivity contribution in [3.8, 4) is 0 Å². The van der Waals surface area contributed by atoms with Crippen LogP contribution >= 0.6 is 0 Å². The van der Waals surface area contributed by atoms with Gasteiger partial charge in [0.1, 0.15) is 0 Å². The molecule has 4 rings (SSSR count). The fourth-order valence-corrected chi connectivity index (χ4v) is 5.69. The van der Waals surface area contributed by atoms with E-state index in [1.54, 1.807) is 11.1 Å². The highest BCUT2D eigenvalue weighted by atomic mass is 14.5. The summed E-state index contributed by atoms with van der Waals surface area (Å²) >= 11 is 0. The standard InChI is InChI=1S/C19H26.4C2H6/c1-19-12-5-8-18(19)17-10-9-14-6-3-2-4-7-15(14)16(17)11-13-19;4*1-2/h2-3,6-7,16-18H,4-5,8-13H2,1H3;4*1-2H3. The zero-order valence-electron chi connectivity index (χ0n) is 20.2. The van der Waals surface area contributed by atoms with Gasteiger partial charge in [-0.05, 0) is 79.3 Å². The fraction of sp³-hybridized carbons (Fsp3) is 0.778. The Morgan fingerprint density at radius 3 is 2.19 bits per heavy atom. The van der Waals surface area contributed by atoms with Crippen LogP contribution in [-0.2, 0) is 0 Å². The van der Waals surface area contributed by atoms with Gasteiger partial charge in [-0.3, -0.25) is 0 Å². The Labute approximate surface area is 172 Å². The van der Waals surface area contributed by atoms with Crippen molar-refractivity contribution < 1.29 is 0 Å². The first-order valence-electron chi connectivity index (χ1n) is 12.3. The lowest BCUT2D eigenvalue weighted by Crippen LogP contribution is -2.41. The summed E-state index contributed by atoms with van der Waals surface area (Å²) in [6, 6.07) is 0. The Balaban J connectivity index is 0.000000757. The van der Waals surface area contributed by atoms with Gasteiger partial charge in [0.05, 0.1) is 0 Å². The zero-order chi connectivity index (χ0) is 20.9. The first kappa shape index (κ1) is 26.2. The van der Waals surface area contributed by atoms with Crippen molar-refractivity contribution in [3.05, 3.63) is 35.5 Å². The highest BCUT2D eigenvalue weighted by Crippen LogP contribution is 2.60. The van der Waals surface area contributed by atoms with E-state index >= 15 is 0 Å². The molecule has 0 aromatic carbocycles. The maximum Gasteiger partial charge on any atom is -0.0131 e. The largest absolute Gasteiger partial charge is 0.0807 e. The van der Waals surface area contributed by atoms with Crippen LogP contribution in [0.3, 0.4) is 0 Å². The van der Waals surface area contributed by atoms with Crippen molar-refractivity contribution >= 4 is 0 Å². The molecule has 0 aromatic heterocycles. The summed E-state index contributed by atoms with van der Waals surface area (Å²) in [7, 11) is 0. The van der Waals surface area contributed by atoms with Gasteiger partial charge in [0, 0.05) is 0 Å².